The van der Waals surface area contributed by atoms with E-state index in [1.807, 2.05) is 37.4 Å². The van der Waals surface area contributed by atoms with E-state index in [0.717, 1.165) is 11.8 Å². The quantitative estimate of drug-likeness (QED) is 0.505. The van der Waals surface area contributed by atoms with E-state index in [-0.39, 0.29) is 17.7 Å². The van der Waals surface area contributed by atoms with E-state index < -0.39 is 24.2 Å². The third kappa shape index (κ3) is 4.79. The molecule has 2 aromatic carbocycles. The summed E-state index contributed by atoms with van der Waals surface area (Å²) < 4.78 is 32.7. The lowest BCUT2D eigenvalue weighted by molar-refractivity contribution is -0.127. The van der Waals surface area contributed by atoms with Crippen LogP contribution < -0.4 is 4.90 Å². The van der Waals surface area contributed by atoms with Gasteiger partial charge >= 0.3 is 0 Å². The predicted molar refractivity (Wildman–Crippen MR) is 138 cm³/mol. The normalized spacial score (nSPS) is 19.0. The van der Waals surface area contributed by atoms with Gasteiger partial charge in [0, 0.05) is 56.4 Å². The highest BCUT2D eigenvalue weighted by Crippen LogP contribution is 2.43. The maximum absolute atomic E-state index is 15.5. The number of halogens is 2. The number of carbonyl (C=O) groups is 2. The lowest BCUT2D eigenvalue weighted by Gasteiger charge is -2.32. The van der Waals surface area contributed by atoms with Crippen LogP contribution in [-0.4, -0.2) is 77.1 Å². The first-order chi connectivity index (χ1) is 17.8. The molecule has 2 amide bonds. The number of anilines is 1. The fourth-order valence-corrected chi connectivity index (χ4v) is 4.87. The Balaban J connectivity index is 1.51. The van der Waals surface area contributed by atoms with E-state index in [0.29, 0.717) is 43.1 Å². The van der Waals surface area contributed by atoms with Gasteiger partial charge in [0.2, 0.25) is 5.91 Å². The van der Waals surface area contributed by atoms with Gasteiger partial charge in [0.25, 0.3) is 11.8 Å². The van der Waals surface area contributed by atoms with Gasteiger partial charge in [-0.15, -0.1) is 0 Å². The summed E-state index contributed by atoms with van der Waals surface area (Å²) in [5.74, 6) is -4.12. The maximum atomic E-state index is 15.5. The molecule has 0 N–H and O–H groups in total. The predicted octanol–water partition coefficient (Wildman–Crippen LogP) is 4.02. The lowest BCUT2D eigenvalue weighted by Crippen LogP contribution is -2.46. The third-order valence-corrected chi connectivity index (χ3v) is 7.10. The molecule has 9 heteroatoms. The monoisotopic (exact) mass is 505 g/mol. The number of amides is 2. The number of hydrogen-bond donors (Lipinski definition) is 0. The van der Waals surface area contributed by atoms with Crippen molar-refractivity contribution < 1.29 is 18.4 Å². The number of para-hydroxylation sites is 2. The molecule has 1 aromatic heterocycles. The molecule has 0 aliphatic carbocycles. The van der Waals surface area contributed by atoms with E-state index in [9.17, 15) is 9.59 Å². The van der Waals surface area contributed by atoms with Crippen molar-refractivity contribution in [2.24, 2.45) is 0 Å². The Hall–Kier alpha value is -3.85. The first-order valence-corrected chi connectivity index (χ1v) is 12.3. The van der Waals surface area contributed by atoms with Gasteiger partial charge in [-0.2, -0.15) is 5.10 Å². The molecular formula is C28H29F2N5O2. The average molecular weight is 506 g/mol. The van der Waals surface area contributed by atoms with E-state index in [4.69, 9.17) is 0 Å². The van der Waals surface area contributed by atoms with E-state index in [1.54, 1.807) is 40.8 Å². The number of aromatic nitrogens is 2. The summed E-state index contributed by atoms with van der Waals surface area (Å²) >= 11 is 0. The standard InChI is InChI=1S/C28H29F2N5O2/c1-20-23(19-31-35(20)21-8-4-3-5-9-21)27(37)34-13-12-28(29,30)24(22-10-6-7-11-25(22)34)18-26(36)33-16-14-32(2)15-17-33/h3-11,18-19H,12-17H2,1-2H3/b24-18-. The SMILES string of the molecule is Cc1c(C(=O)N2CCC(F)(F)/C(=C\C(=O)N3CCN(C)CC3)c3ccccc32)cnn1-c1ccccc1. The lowest BCUT2D eigenvalue weighted by atomic mass is 9.96. The number of piperazine rings is 1. The Bertz CT molecular complexity index is 1340. The Labute approximate surface area is 214 Å². The van der Waals surface area contributed by atoms with Crippen LogP contribution in [0.15, 0.2) is 66.9 Å². The van der Waals surface area contributed by atoms with Gasteiger partial charge in [0.05, 0.1) is 28.8 Å². The number of alkyl halides is 2. The molecule has 2 aliphatic heterocycles. The van der Waals surface area contributed by atoms with Crippen molar-refractivity contribution in [2.45, 2.75) is 19.3 Å². The minimum Gasteiger partial charge on any atom is -0.337 e. The van der Waals surface area contributed by atoms with E-state index in [1.165, 1.54) is 11.1 Å². The number of hydrogen-bond acceptors (Lipinski definition) is 4. The number of rotatable bonds is 3. The summed E-state index contributed by atoms with van der Waals surface area (Å²) in [4.78, 5) is 31.8. The molecule has 3 heterocycles. The zero-order valence-electron chi connectivity index (χ0n) is 20.9. The molecular weight excluding hydrogens is 476 g/mol. The van der Waals surface area contributed by atoms with Gasteiger partial charge in [-0.1, -0.05) is 36.4 Å². The second-order valence-corrected chi connectivity index (χ2v) is 9.51. The van der Waals surface area contributed by atoms with Crippen LogP contribution in [0.5, 0.6) is 0 Å². The highest BCUT2D eigenvalue weighted by atomic mass is 19.3. The molecule has 7 nitrogen and oxygen atoms in total. The molecule has 37 heavy (non-hydrogen) atoms. The largest absolute Gasteiger partial charge is 0.337 e. The van der Waals surface area contributed by atoms with Crippen molar-refractivity contribution in [1.29, 1.82) is 0 Å². The van der Waals surface area contributed by atoms with Crippen LogP contribution in [0.2, 0.25) is 0 Å². The van der Waals surface area contributed by atoms with Gasteiger partial charge in [-0.25, -0.2) is 13.5 Å². The molecule has 0 atom stereocenters. The van der Waals surface area contributed by atoms with Crippen LogP contribution in [0.1, 0.15) is 28.0 Å². The molecule has 0 radical (unpaired) electrons. The zero-order chi connectivity index (χ0) is 26.2. The molecule has 0 spiro atoms. The van der Waals surface area contributed by atoms with Gasteiger partial charge in [-0.3, -0.25) is 9.59 Å². The van der Waals surface area contributed by atoms with Gasteiger partial charge in [-0.05, 0) is 32.2 Å². The Morgan fingerprint density at radius 3 is 2.35 bits per heavy atom. The second-order valence-electron chi connectivity index (χ2n) is 9.51. The molecule has 3 aromatic rings. The van der Waals surface area contributed by atoms with Crippen molar-refractivity contribution in [1.82, 2.24) is 19.6 Å². The third-order valence-electron chi connectivity index (χ3n) is 7.10. The van der Waals surface area contributed by atoms with Crippen LogP contribution in [0.4, 0.5) is 14.5 Å². The first-order valence-electron chi connectivity index (χ1n) is 12.3. The molecule has 0 saturated carbocycles. The number of nitrogens with zero attached hydrogens (tertiary/aromatic N) is 5. The Morgan fingerprint density at radius 1 is 0.946 bits per heavy atom. The number of allylic oxidation sites excluding steroid dienone is 1. The van der Waals surface area contributed by atoms with Crippen molar-refractivity contribution in [3.8, 4) is 5.69 Å². The molecule has 2 aliphatic rings. The summed E-state index contributed by atoms with van der Waals surface area (Å²) in [6, 6.07) is 16.0. The highest BCUT2D eigenvalue weighted by molar-refractivity contribution is 6.09. The molecule has 5 rings (SSSR count). The van der Waals surface area contributed by atoms with E-state index >= 15 is 8.78 Å². The Morgan fingerprint density at radius 2 is 1.62 bits per heavy atom. The fraction of sp³-hybridized carbons (Fsp3) is 0.321. The summed E-state index contributed by atoms with van der Waals surface area (Å²) in [7, 11) is 1.97. The van der Waals surface area contributed by atoms with Crippen molar-refractivity contribution in [2.75, 3.05) is 44.7 Å². The van der Waals surface area contributed by atoms with Gasteiger partial charge < -0.3 is 14.7 Å². The Kier molecular flexibility index (Phi) is 6.64. The summed E-state index contributed by atoms with van der Waals surface area (Å²) in [5.41, 5.74) is 1.95. The van der Waals surface area contributed by atoms with Crippen LogP contribution in [0, 0.1) is 6.92 Å². The van der Waals surface area contributed by atoms with Gasteiger partial charge in [0.1, 0.15) is 0 Å². The smallest absolute Gasteiger partial charge is 0.275 e. The second kappa shape index (κ2) is 9.89. The first kappa shape index (κ1) is 24.8. The van der Waals surface area contributed by atoms with Crippen LogP contribution in [-0.2, 0) is 4.79 Å². The van der Waals surface area contributed by atoms with Crippen molar-refractivity contribution in [3.63, 3.8) is 0 Å². The van der Waals surface area contributed by atoms with Gasteiger partial charge in [0.15, 0.2) is 0 Å². The minimum atomic E-state index is -3.28. The minimum absolute atomic E-state index is 0.189. The number of benzene rings is 2. The average Bonchev–Trinajstić information content (AvgIpc) is 3.24. The summed E-state index contributed by atoms with van der Waals surface area (Å²) in [6.07, 6.45) is 1.95. The highest BCUT2D eigenvalue weighted by Gasteiger charge is 2.42. The molecule has 0 unspecified atom stereocenters. The topological polar surface area (TPSA) is 61.7 Å². The fourth-order valence-electron chi connectivity index (χ4n) is 4.87. The summed E-state index contributed by atoms with van der Waals surface area (Å²) in [6.45, 7) is 3.95. The summed E-state index contributed by atoms with van der Waals surface area (Å²) in [5, 5.41) is 4.38. The van der Waals surface area contributed by atoms with Crippen LogP contribution in [0.3, 0.4) is 0 Å². The molecule has 1 saturated heterocycles. The van der Waals surface area contributed by atoms with Crippen molar-refractivity contribution >= 4 is 23.1 Å². The maximum Gasteiger partial charge on any atom is 0.275 e. The molecule has 1 fully saturated rings. The van der Waals surface area contributed by atoms with Crippen molar-refractivity contribution in [3.05, 3.63) is 83.7 Å². The zero-order valence-corrected chi connectivity index (χ0v) is 20.9. The van der Waals surface area contributed by atoms with E-state index in [2.05, 4.69) is 10.00 Å². The van der Waals surface area contributed by atoms with Crippen LogP contribution >= 0.6 is 0 Å². The number of fused-ring (bicyclic) bond motifs is 1. The van der Waals surface area contributed by atoms with Crippen LogP contribution in [0.25, 0.3) is 11.3 Å². The number of likely N-dealkylation sites (N-methyl/N-ethyl adjacent to an activating group) is 1. The molecule has 0 bridgehead atoms. The number of carbonyl (C=O) groups excluding carboxylic acids is 2. The molecule has 192 valence electrons.